The van der Waals surface area contributed by atoms with E-state index in [-0.39, 0.29) is 0 Å². The zero-order valence-electron chi connectivity index (χ0n) is 8.39. The van der Waals surface area contributed by atoms with Crippen molar-refractivity contribution in [3.63, 3.8) is 0 Å². The highest BCUT2D eigenvalue weighted by atomic mass is 35.5. The van der Waals surface area contributed by atoms with E-state index in [2.05, 4.69) is 10.6 Å². The molecule has 82 valence electrons. The number of nitrogens with one attached hydrogen (secondary N) is 2. The Hall–Kier alpha value is -0.440. The van der Waals surface area contributed by atoms with Gasteiger partial charge in [0.2, 0.25) is 0 Å². The molecule has 2 rings (SSSR count). The van der Waals surface area contributed by atoms with Gasteiger partial charge in [0.1, 0.15) is 0 Å². The second-order valence-electron chi connectivity index (χ2n) is 3.87. The van der Waals surface area contributed by atoms with Gasteiger partial charge in [-0.1, -0.05) is 23.2 Å². The lowest BCUT2D eigenvalue weighted by Crippen LogP contribution is -2.17. The molecule has 1 aliphatic heterocycles. The maximum atomic E-state index is 5.92. The van der Waals surface area contributed by atoms with Crippen LogP contribution in [0.2, 0.25) is 10.0 Å². The van der Waals surface area contributed by atoms with E-state index < -0.39 is 0 Å². The number of hydrogen-bond acceptors (Lipinski definition) is 2. The van der Waals surface area contributed by atoms with E-state index in [0.29, 0.717) is 10.0 Å². The van der Waals surface area contributed by atoms with E-state index in [0.717, 1.165) is 31.2 Å². The number of hydrogen-bond donors (Lipinski definition) is 2. The lowest BCUT2D eigenvalue weighted by Gasteiger charge is -2.11. The zero-order chi connectivity index (χ0) is 10.7. The summed E-state index contributed by atoms with van der Waals surface area (Å²) in [5.41, 5.74) is 1.04. The van der Waals surface area contributed by atoms with E-state index in [4.69, 9.17) is 23.2 Å². The van der Waals surface area contributed by atoms with Crippen LogP contribution >= 0.6 is 23.2 Å². The average molecular weight is 245 g/mol. The van der Waals surface area contributed by atoms with Crippen LogP contribution in [0.5, 0.6) is 0 Å². The molecule has 1 fully saturated rings. The Labute approximate surface area is 100.0 Å². The fraction of sp³-hybridized carbons (Fsp3) is 0.455. The van der Waals surface area contributed by atoms with Gasteiger partial charge in [0, 0.05) is 12.2 Å². The van der Waals surface area contributed by atoms with Crippen LogP contribution in [0.3, 0.4) is 0 Å². The first kappa shape index (κ1) is 11.1. The van der Waals surface area contributed by atoms with E-state index in [1.807, 2.05) is 18.2 Å². The molecule has 0 spiro atoms. The molecular weight excluding hydrogens is 231 g/mol. The molecule has 0 aromatic heterocycles. The highest BCUT2D eigenvalue weighted by Crippen LogP contribution is 2.25. The molecule has 1 unspecified atom stereocenters. The third kappa shape index (κ3) is 3.00. The zero-order valence-corrected chi connectivity index (χ0v) is 9.91. The Morgan fingerprint density at radius 1 is 1.33 bits per heavy atom. The van der Waals surface area contributed by atoms with Gasteiger partial charge in [-0.2, -0.15) is 0 Å². The van der Waals surface area contributed by atoms with Crippen molar-refractivity contribution in [2.75, 3.05) is 25.0 Å². The number of halogens is 2. The Kier molecular flexibility index (Phi) is 3.73. The summed E-state index contributed by atoms with van der Waals surface area (Å²) < 4.78 is 0. The lowest BCUT2D eigenvalue weighted by molar-refractivity contribution is 0.615. The van der Waals surface area contributed by atoms with E-state index in [1.165, 1.54) is 6.42 Å². The van der Waals surface area contributed by atoms with Gasteiger partial charge in [-0.3, -0.25) is 0 Å². The molecule has 1 aromatic rings. The first-order valence-corrected chi connectivity index (χ1v) is 5.91. The number of rotatable bonds is 3. The normalized spacial score (nSPS) is 20.5. The lowest BCUT2D eigenvalue weighted by atomic mass is 10.1. The second kappa shape index (κ2) is 5.06. The molecule has 1 saturated heterocycles. The van der Waals surface area contributed by atoms with Gasteiger partial charge < -0.3 is 10.6 Å². The van der Waals surface area contributed by atoms with Crippen LogP contribution in [0.1, 0.15) is 6.42 Å². The fourth-order valence-electron chi connectivity index (χ4n) is 1.76. The van der Waals surface area contributed by atoms with Crippen LogP contribution in [0.15, 0.2) is 18.2 Å². The molecule has 15 heavy (non-hydrogen) atoms. The van der Waals surface area contributed by atoms with Crippen LogP contribution in [0.4, 0.5) is 5.69 Å². The summed E-state index contributed by atoms with van der Waals surface area (Å²) in [5.74, 6) is 0.722. The Bertz CT molecular complexity index is 335. The third-order valence-electron chi connectivity index (χ3n) is 2.68. The van der Waals surface area contributed by atoms with Gasteiger partial charge in [0.15, 0.2) is 0 Å². The summed E-state index contributed by atoms with van der Waals surface area (Å²) in [7, 11) is 0. The first-order chi connectivity index (χ1) is 7.25. The molecule has 1 aromatic carbocycles. The van der Waals surface area contributed by atoms with Gasteiger partial charge in [0.25, 0.3) is 0 Å². The van der Waals surface area contributed by atoms with Gasteiger partial charge in [-0.15, -0.1) is 0 Å². The monoisotopic (exact) mass is 244 g/mol. The molecule has 2 nitrogen and oxygen atoms in total. The number of anilines is 1. The van der Waals surface area contributed by atoms with Crippen molar-refractivity contribution in [1.29, 1.82) is 0 Å². The molecule has 0 aliphatic carbocycles. The topological polar surface area (TPSA) is 24.1 Å². The summed E-state index contributed by atoms with van der Waals surface area (Å²) in [5, 5.41) is 7.92. The second-order valence-corrected chi connectivity index (χ2v) is 4.68. The quantitative estimate of drug-likeness (QED) is 0.855. The van der Waals surface area contributed by atoms with Gasteiger partial charge in [0.05, 0.1) is 10.0 Å². The summed E-state index contributed by atoms with van der Waals surface area (Å²) in [6.07, 6.45) is 1.24. The maximum Gasteiger partial charge on any atom is 0.0612 e. The van der Waals surface area contributed by atoms with Gasteiger partial charge in [-0.25, -0.2) is 0 Å². The van der Waals surface area contributed by atoms with Crippen LogP contribution < -0.4 is 10.6 Å². The molecule has 1 aliphatic rings. The van der Waals surface area contributed by atoms with Crippen LogP contribution in [-0.2, 0) is 0 Å². The van der Waals surface area contributed by atoms with Crippen molar-refractivity contribution in [2.45, 2.75) is 6.42 Å². The minimum atomic E-state index is 0.602. The van der Waals surface area contributed by atoms with Crippen LogP contribution in [-0.4, -0.2) is 19.6 Å². The molecule has 0 saturated carbocycles. The summed E-state index contributed by atoms with van der Waals surface area (Å²) >= 11 is 11.8. The Morgan fingerprint density at radius 3 is 2.87 bits per heavy atom. The first-order valence-electron chi connectivity index (χ1n) is 5.15. The third-order valence-corrected chi connectivity index (χ3v) is 3.42. The molecule has 1 heterocycles. The van der Waals surface area contributed by atoms with Crippen LogP contribution in [0.25, 0.3) is 0 Å². The summed E-state index contributed by atoms with van der Waals surface area (Å²) in [4.78, 5) is 0. The van der Waals surface area contributed by atoms with E-state index in [1.54, 1.807) is 0 Å². The molecule has 1 atom stereocenters. The van der Waals surface area contributed by atoms with Crippen molar-refractivity contribution in [2.24, 2.45) is 5.92 Å². The smallest absolute Gasteiger partial charge is 0.0612 e. The minimum Gasteiger partial charge on any atom is -0.385 e. The van der Waals surface area contributed by atoms with E-state index in [9.17, 15) is 0 Å². The Balaban J connectivity index is 1.90. The summed E-state index contributed by atoms with van der Waals surface area (Å²) in [6, 6.07) is 5.64. The largest absolute Gasteiger partial charge is 0.385 e. The molecule has 0 radical (unpaired) electrons. The van der Waals surface area contributed by atoms with Crippen molar-refractivity contribution in [3.05, 3.63) is 28.2 Å². The van der Waals surface area contributed by atoms with Crippen molar-refractivity contribution in [3.8, 4) is 0 Å². The molecule has 2 N–H and O–H groups in total. The predicted molar refractivity (Wildman–Crippen MR) is 65.9 cm³/mol. The van der Waals surface area contributed by atoms with Gasteiger partial charge in [-0.05, 0) is 43.6 Å². The van der Waals surface area contributed by atoms with Crippen molar-refractivity contribution in [1.82, 2.24) is 5.32 Å². The predicted octanol–water partition coefficient (Wildman–Crippen LogP) is 3.01. The van der Waals surface area contributed by atoms with Gasteiger partial charge >= 0.3 is 0 Å². The molecule has 4 heteroatoms. The van der Waals surface area contributed by atoms with E-state index >= 15 is 0 Å². The highest BCUT2D eigenvalue weighted by Gasteiger charge is 2.13. The van der Waals surface area contributed by atoms with Crippen molar-refractivity contribution < 1.29 is 0 Å². The fourth-order valence-corrected chi connectivity index (χ4v) is 2.06. The highest BCUT2D eigenvalue weighted by molar-refractivity contribution is 6.42. The average Bonchev–Trinajstić information content (AvgIpc) is 2.73. The molecule has 0 amide bonds. The standard InChI is InChI=1S/C11H14Cl2N2/c12-10-2-1-9(5-11(10)13)15-7-8-3-4-14-6-8/h1-2,5,8,14-15H,3-4,6-7H2. The SMILES string of the molecule is Clc1ccc(NCC2CCNC2)cc1Cl. The minimum absolute atomic E-state index is 0.602. The Morgan fingerprint density at radius 2 is 2.20 bits per heavy atom. The molecule has 0 bridgehead atoms. The van der Waals surface area contributed by atoms with Crippen LogP contribution in [0, 0.1) is 5.92 Å². The number of benzene rings is 1. The van der Waals surface area contributed by atoms with Crippen molar-refractivity contribution >= 4 is 28.9 Å². The maximum absolute atomic E-state index is 5.92. The molecular formula is C11H14Cl2N2. The summed E-state index contributed by atoms with van der Waals surface area (Å²) in [6.45, 7) is 3.23.